The van der Waals surface area contributed by atoms with Crippen molar-refractivity contribution in [2.45, 2.75) is 57.0 Å². The zero-order valence-electron chi connectivity index (χ0n) is 17.7. The molecule has 1 unspecified atom stereocenters. The first-order valence-electron chi connectivity index (χ1n) is 10.7. The first-order chi connectivity index (χ1) is 15.1. The molecule has 0 N–H and O–H groups in total. The van der Waals surface area contributed by atoms with Gasteiger partial charge in [0.25, 0.3) is 6.17 Å². The van der Waals surface area contributed by atoms with E-state index in [1.54, 1.807) is 0 Å². The third kappa shape index (κ3) is 6.18. The van der Waals surface area contributed by atoms with Gasteiger partial charge in [0.1, 0.15) is 5.75 Å². The largest absolute Gasteiger partial charge is 0.439 e. The van der Waals surface area contributed by atoms with Crippen molar-refractivity contribution in [2.75, 3.05) is 13.2 Å². The molecule has 0 heterocycles. The van der Waals surface area contributed by atoms with Crippen molar-refractivity contribution in [3.63, 3.8) is 0 Å². The van der Waals surface area contributed by atoms with Crippen molar-refractivity contribution >= 4 is 0 Å². The Labute approximate surface area is 183 Å². The maximum absolute atomic E-state index is 13.4. The highest BCUT2D eigenvalue weighted by Crippen LogP contribution is 2.38. The van der Waals surface area contributed by atoms with Crippen molar-refractivity contribution in [1.82, 2.24) is 0 Å². The number of rotatable bonds is 8. The summed E-state index contributed by atoms with van der Waals surface area (Å²) in [6.45, 7) is 3.55. The van der Waals surface area contributed by atoms with Crippen molar-refractivity contribution < 1.29 is 35.8 Å². The van der Waals surface area contributed by atoms with Crippen LogP contribution in [-0.4, -0.2) is 31.7 Å². The van der Waals surface area contributed by atoms with Crippen LogP contribution >= 0.6 is 0 Å². The number of alkyl halides is 6. The van der Waals surface area contributed by atoms with E-state index < -0.39 is 24.2 Å². The topological polar surface area (TPSA) is 18.5 Å². The normalized spacial score (nSPS) is 20.7. The molecule has 0 radical (unpaired) electrons. The van der Waals surface area contributed by atoms with Crippen LogP contribution in [-0.2, 0) is 4.74 Å². The molecule has 8 heteroatoms. The minimum atomic E-state index is -5.71. The predicted molar refractivity (Wildman–Crippen MR) is 110 cm³/mol. The van der Waals surface area contributed by atoms with Crippen LogP contribution in [0.1, 0.15) is 44.1 Å². The van der Waals surface area contributed by atoms with E-state index in [4.69, 9.17) is 4.74 Å². The Morgan fingerprint density at radius 1 is 0.844 bits per heavy atom. The van der Waals surface area contributed by atoms with Crippen molar-refractivity contribution in [1.29, 1.82) is 0 Å². The summed E-state index contributed by atoms with van der Waals surface area (Å²) in [7, 11) is 0. The Morgan fingerprint density at radius 2 is 1.38 bits per heavy atom. The maximum Gasteiger partial charge on any atom is 0.439 e. The summed E-state index contributed by atoms with van der Waals surface area (Å²) in [5, 5.41) is 0. The van der Waals surface area contributed by atoms with Crippen LogP contribution in [0.2, 0.25) is 0 Å². The zero-order valence-corrected chi connectivity index (χ0v) is 17.7. The summed E-state index contributed by atoms with van der Waals surface area (Å²) >= 11 is 0. The van der Waals surface area contributed by atoms with Gasteiger partial charge in [0.2, 0.25) is 0 Å². The van der Waals surface area contributed by atoms with Gasteiger partial charge in [0.15, 0.2) is 0 Å². The van der Waals surface area contributed by atoms with Gasteiger partial charge in [0, 0.05) is 13.2 Å². The van der Waals surface area contributed by atoms with Gasteiger partial charge in [-0.15, -0.1) is 0 Å². The minimum Gasteiger partial charge on any atom is -0.430 e. The van der Waals surface area contributed by atoms with Crippen molar-refractivity contribution in [2.24, 2.45) is 5.92 Å². The number of halogens is 6. The van der Waals surface area contributed by atoms with E-state index in [-0.39, 0.29) is 0 Å². The summed E-state index contributed by atoms with van der Waals surface area (Å²) < 4.78 is 86.0. The van der Waals surface area contributed by atoms with E-state index in [1.165, 1.54) is 17.7 Å². The summed E-state index contributed by atoms with van der Waals surface area (Å²) in [4.78, 5) is 0. The number of hydrogen-bond acceptors (Lipinski definition) is 2. The van der Waals surface area contributed by atoms with Gasteiger partial charge in [0.05, 0.1) is 0 Å². The van der Waals surface area contributed by atoms with E-state index >= 15 is 0 Å². The quantitative estimate of drug-likeness (QED) is 0.379. The Balaban J connectivity index is 1.60. The molecule has 0 aliphatic heterocycles. The van der Waals surface area contributed by atoms with Crippen LogP contribution in [0.4, 0.5) is 26.3 Å². The van der Waals surface area contributed by atoms with Crippen LogP contribution in [0.5, 0.6) is 5.75 Å². The monoisotopic (exact) mass is 460 g/mol. The van der Waals surface area contributed by atoms with Crippen LogP contribution in [0.15, 0.2) is 48.5 Å². The molecular formula is C24H26F6O2. The second-order valence-electron chi connectivity index (χ2n) is 8.09. The number of ether oxygens (including phenoxy) is 2. The smallest absolute Gasteiger partial charge is 0.430 e. The first kappa shape index (κ1) is 24.4. The SMILES string of the molecule is CCOCC1CCC(c2ccc(-c3ccc(OC(F)(F)C(F)C(F)(F)F)cc3)cc2)CC1. The molecule has 176 valence electrons. The summed E-state index contributed by atoms with van der Waals surface area (Å²) in [6, 6.07) is 13.0. The lowest BCUT2D eigenvalue weighted by Gasteiger charge is -2.28. The standard InChI is InChI=1S/C24H26F6O2/c1-2-31-15-16-3-5-17(6-4-16)18-7-9-19(10-8-18)20-11-13-21(14-12-20)32-24(29,30)22(25)23(26,27)28/h7-14,16-17,22H,2-6,15H2,1H3. The fraction of sp³-hybridized carbons (Fsp3) is 0.500. The highest BCUT2D eigenvalue weighted by molar-refractivity contribution is 5.64. The van der Waals surface area contributed by atoms with E-state index in [1.807, 2.05) is 31.2 Å². The molecule has 1 aliphatic carbocycles. The average molecular weight is 460 g/mol. The predicted octanol–water partition coefficient (Wildman–Crippen LogP) is 7.54. The lowest BCUT2D eigenvalue weighted by atomic mass is 9.79. The molecule has 1 saturated carbocycles. The van der Waals surface area contributed by atoms with Gasteiger partial charge in [-0.2, -0.15) is 22.0 Å². The third-order valence-corrected chi connectivity index (χ3v) is 5.81. The van der Waals surface area contributed by atoms with Crippen LogP contribution in [0.25, 0.3) is 11.1 Å². The second-order valence-corrected chi connectivity index (χ2v) is 8.09. The van der Waals surface area contributed by atoms with Gasteiger partial charge in [-0.1, -0.05) is 36.4 Å². The Morgan fingerprint density at radius 3 is 1.88 bits per heavy atom. The number of hydrogen-bond donors (Lipinski definition) is 0. The van der Waals surface area contributed by atoms with Crippen LogP contribution < -0.4 is 4.74 Å². The molecule has 2 nitrogen and oxygen atoms in total. The maximum atomic E-state index is 13.4. The third-order valence-electron chi connectivity index (χ3n) is 5.81. The summed E-state index contributed by atoms with van der Waals surface area (Å²) in [5.74, 6) is 0.552. The number of benzene rings is 2. The molecule has 2 aromatic rings. The molecule has 0 aromatic heterocycles. The van der Waals surface area contributed by atoms with E-state index in [0.717, 1.165) is 56.6 Å². The molecule has 2 aromatic carbocycles. The highest BCUT2D eigenvalue weighted by atomic mass is 19.4. The molecule has 1 fully saturated rings. The van der Waals surface area contributed by atoms with E-state index in [9.17, 15) is 26.3 Å². The lowest BCUT2D eigenvalue weighted by molar-refractivity contribution is -0.304. The molecule has 0 bridgehead atoms. The Hall–Kier alpha value is -2.22. The molecule has 3 rings (SSSR count). The molecule has 0 saturated heterocycles. The fourth-order valence-electron chi connectivity index (χ4n) is 4.01. The van der Waals surface area contributed by atoms with Crippen molar-refractivity contribution in [3.8, 4) is 16.9 Å². The van der Waals surface area contributed by atoms with E-state index in [0.29, 0.717) is 17.4 Å². The molecular weight excluding hydrogens is 434 g/mol. The zero-order chi connectivity index (χ0) is 23.4. The van der Waals surface area contributed by atoms with Gasteiger partial charge in [-0.25, -0.2) is 4.39 Å². The molecule has 32 heavy (non-hydrogen) atoms. The second kappa shape index (κ2) is 10.1. The Kier molecular flexibility index (Phi) is 7.75. The summed E-state index contributed by atoms with van der Waals surface area (Å²) in [6.07, 6.45) is -10.7. The lowest BCUT2D eigenvalue weighted by Crippen LogP contribution is -2.45. The molecule has 1 atom stereocenters. The van der Waals surface area contributed by atoms with E-state index in [2.05, 4.69) is 4.74 Å². The van der Waals surface area contributed by atoms with Crippen LogP contribution in [0, 0.1) is 5.92 Å². The molecule has 0 spiro atoms. The highest BCUT2D eigenvalue weighted by Gasteiger charge is 2.59. The van der Waals surface area contributed by atoms with Gasteiger partial charge in [-0.3, -0.25) is 0 Å². The summed E-state index contributed by atoms with van der Waals surface area (Å²) in [5.41, 5.74) is 2.75. The fourth-order valence-corrected chi connectivity index (χ4v) is 4.01. The average Bonchev–Trinajstić information content (AvgIpc) is 2.77. The van der Waals surface area contributed by atoms with Crippen molar-refractivity contribution in [3.05, 3.63) is 54.1 Å². The molecule has 1 aliphatic rings. The molecule has 0 amide bonds. The Bertz CT molecular complexity index is 840. The minimum absolute atomic E-state index is 0.488. The van der Waals surface area contributed by atoms with Crippen LogP contribution in [0.3, 0.4) is 0 Å². The van der Waals surface area contributed by atoms with Gasteiger partial charge >= 0.3 is 12.3 Å². The van der Waals surface area contributed by atoms with Gasteiger partial charge in [-0.05, 0) is 73.3 Å². The first-order valence-corrected chi connectivity index (χ1v) is 10.7. The van der Waals surface area contributed by atoms with Gasteiger partial charge < -0.3 is 9.47 Å².